The van der Waals surface area contributed by atoms with Gasteiger partial charge in [0, 0.05) is 12.1 Å². The van der Waals surface area contributed by atoms with Crippen molar-refractivity contribution in [2.24, 2.45) is 0 Å². The fourth-order valence-electron chi connectivity index (χ4n) is 2.74. The van der Waals surface area contributed by atoms with Crippen molar-refractivity contribution in [3.05, 3.63) is 35.4 Å². The van der Waals surface area contributed by atoms with Crippen LogP contribution < -0.4 is 0 Å². The third-order valence-corrected chi connectivity index (χ3v) is 4.19. The highest BCUT2D eigenvalue weighted by Gasteiger charge is 2.12. The number of hydroxylamine groups is 2. The highest BCUT2D eigenvalue weighted by molar-refractivity contribution is 5.93. The van der Waals surface area contributed by atoms with Crippen molar-refractivity contribution in [3.63, 3.8) is 0 Å². The third-order valence-electron chi connectivity index (χ3n) is 4.19. The van der Waals surface area contributed by atoms with E-state index < -0.39 is 0 Å². The van der Waals surface area contributed by atoms with Crippen LogP contribution in [0.5, 0.6) is 0 Å². The summed E-state index contributed by atoms with van der Waals surface area (Å²) < 4.78 is 0. The van der Waals surface area contributed by atoms with Crippen LogP contribution in [0.15, 0.2) is 24.3 Å². The van der Waals surface area contributed by atoms with Crippen LogP contribution in [0.4, 0.5) is 0 Å². The van der Waals surface area contributed by atoms with Crippen LogP contribution in [0.3, 0.4) is 0 Å². The van der Waals surface area contributed by atoms with E-state index in [1.807, 2.05) is 31.2 Å². The number of hydrogen-bond acceptors (Lipinski definition) is 2. The average Bonchev–Trinajstić information content (AvgIpc) is 2.57. The molecule has 0 bridgehead atoms. The zero-order chi connectivity index (χ0) is 16.9. The lowest BCUT2D eigenvalue weighted by molar-refractivity contribution is -0.0578. The fourth-order valence-corrected chi connectivity index (χ4v) is 2.74. The van der Waals surface area contributed by atoms with Gasteiger partial charge in [-0.15, -0.1) is 0 Å². The van der Waals surface area contributed by atoms with Gasteiger partial charge in [-0.1, -0.05) is 70.9 Å². The normalized spacial score (nSPS) is 10.7. The molecule has 0 unspecified atom stereocenters. The van der Waals surface area contributed by atoms with Gasteiger partial charge in [0.15, 0.2) is 0 Å². The van der Waals surface area contributed by atoms with E-state index in [-0.39, 0.29) is 5.91 Å². The van der Waals surface area contributed by atoms with Crippen LogP contribution in [0.2, 0.25) is 0 Å². The van der Waals surface area contributed by atoms with Crippen molar-refractivity contribution in [2.75, 3.05) is 6.54 Å². The highest BCUT2D eigenvalue weighted by Crippen LogP contribution is 2.13. The van der Waals surface area contributed by atoms with Gasteiger partial charge < -0.3 is 0 Å². The van der Waals surface area contributed by atoms with Gasteiger partial charge in [0.05, 0.1) is 0 Å². The maximum Gasteiger partial charge on any atom is 0.277 e. The van der Waals surface area contributed by atoms with E-state index >= 15 is 0 Å². The van der Waals surface area contributed by atoms with Crippen LogP contribution >= 0.6 is 0 Å². The molecule has 0 saturated heterocycles. The summed E-state index contributed by atoms with van der Waals surface area (Å²) in [4.78, 5) is 11.9. The summed E-state index contributed by atoms with van der Waals surface area (Å²) in [5.74, 6) is -0.314. The van der Waals surface area contributed by atoms with Crippen molar-refractivity contribution >= 4 is 5.91 Å². The molecule has 3 nitrogen and oxygen atoms in total. The largest absolute Gasteiger partial charge is 0.286 e. The van der Waals surface area contributed by atoms with Gasteiger partial charge in [-0.2, -0.15) is 0 Å². The number of unbranched alkanes of at least 4 members (excludes halogenated alkanes) is 7. The van der Waals surface area contributed by atoms with E-state index in [1.165, 1.54) is 56.9 Å². The molecule has 3 heteroatoms. The lowest BCUT2D eigenvalue weighted by Crippen LogP contribution is -2.28. The SMILES string of the molecule is CCCCCCCCCCc1ccc(C(=O)N(O)CCC)cc1. The average molecular weight is 319 g/mol. The summed E-state index contributed by atoms with van der Waals surface area (Å²) >= 11 is 0. The first kappa shape index (κ1) is 19.7. The minimum Gasteiger partial charge on any atom is -0.286 e. The van der Waals surface area contributed by atoms with Crippen LogP contribution in [-0.2, 0) is 6.42 Å². The van der Waals surface area contributed by atoms with Crippen molar-refractivity contribution in [1.29, 1.82) is 0 Å². The minimum atomic E-state index is -0.314. The first-order chi connectivity index (χ1) is 11.2. The number of rotatable bonds is 12. The predicted octanol–water partition coefficient (Wildman–Crippen LogP) is 5.61. The Balaban J connectivity index is 2.22. The Morgan fingerprint density at radius 1 is 0.870 bits per heavy atom. The maximum absolute atomic E-state index is 11.9. The van der Waals surface area contributed by atoms with Crippen molar-refractivity contribution in [1.82, 2.24) is 5.06 Å². The second-order valence-corrected chi connectivity index (χ2v) is 6.35. The Morgan fingerprint density at radius 2 is 1.43 bits per heavy atom. The van der Waals surface area contributed by atoms with Crippen LogP contribution in [-0.4, -0.2) is 22.7 Å². The molecule has 0 saturated carbocycles. The molecule has 0 aromatic heterocycles. The number of aryl methyl sites for hydroxylation is 1. The molecule has 1 aromatic carbocycles. The smallest absolute Gasteiger partial charge is 0.277 e. The zero-order valence-corrected chi connectivity index (χ0v) is 14.9. The summed E-state index contributed by atoms with van der Waals surface area (Å²) in [5.41, 5.74) is 1.83. The fraction of sp³-hybridized carbons (Fsp3) is 0.650. The van der Waals surface area contributed by atoms with Crippen LogP contribution in [0, 0.1) is 0 Å². The molecular formula is C20H33NO2. The molecule has 0 atom stereocenters. The molecule has 0 heterocycles. The summed E-state index contributed by atoms with van der Waals surface area (Å²) in [6, 6.07) is 7.66. The van der Waals surface area contributed by atoms with Crippen LogP contribution in [0.1, 0.15) is 87.6 Å². The molecule has 0 aliphatic rings. The number of amides is 1. The van der Waals surface area contributed by atoms with Gasteiger partial charge in [0.1, 0.15) is 0 Å². The molecular weight excluding hydrogens is 286 g/mol. The first-order valence-electron chi connectivity index (χ1n) is 9.28. The molecule has 1 aromatic rings. The van der Waals surface area contributed by atoms with Crippen molar-refractivity contribution in [3.8, 4) is 0 Å². The summed E-state index contributed by atoms with van der Waals surface area (Å²) in [6.07, 6.45) is 12.4. The number of nitrogens with zero attached hydrogens (tertiary/aromatic N) is 1. The van der Waals surface area contributed by atoms with Gasteiger partial charge in [-0.05, 0) is 37.0 Å². The molecule has 0 aliphatic heterocycles. The molecule has 0 aliphatic carbocycles. The first-order valence-corrected chi connectivity index (χ1v) is 9.28. The number of carbonyl (C=O) groups is 1. The van der Waals surface area contributed by atoms with Crippen LogP contribution in [0.25, 0.3) is 0 Å². The number of hydrogen-bond donors (Lipinski definition) is 1. The molecule has 1 rings (SSSR count). The molecule has 23 heavy (non-hydrogen) atoms. The van der Waals surface area contributed by atoms with E-state index in [9.17, 15) is 10.0 Å². The Bertz CT molecular complexity index is 428. The molecule has 1 amide bonds. The standard InChI is InChI=1S/C20H33NO2/c1-3-5-6-7-8-9-10-11-12-18-13-15-19(16-14-18)20(22)21(23)17-4-2/h13-16,23H,3-12,17H2,1-2H3. The number of carbonyl (C=O) groups excluding carboxylic acids is 1. The maximum atomic E-state index is 11.9. The monoisotopic (exact) mass is 319 g/mol. The molecule has 0 spiro atoms. The highest BCUT2D eigenvalue weighted by atomic mass is 16.5. The predicted molar refractivity (Wildman–Crippen MR) is 95.9 cm³/mol. The van der Waals surface area contributed by atoms with E-state index in [4.69, 9.17) is 0 Å². The quantitative estimate of drug-likeness (QED) is 0.309. The van der Waals surface area contributed by atoms with Gasteiger partial charge in [-0.25, -0.2) is 5.06 Å². The minimum absolute atomic E-state index is 0.314. The third kappa shape index (κ3) is 8.17. The second kappa shape index (κ2) is 12.1. The lowest BCUT2D eigenvalue weighted by Gasteiger charge is -2.13. The zero-order valence-electron chi connectivity index (χ0n) is 14.9. The molecule has 130 valence electrons. The Hall–Kier alpha value is -1.35. The van der Waals surface area contributed by atoms with Crippen molar-refractivity contribution < 1.29 is 10.0 Å². The van der Waals surface area contributed by atoms with E-state index in [0.717, 1.165) is 17.9 Å². The van der Waals surface area contributed by atoms with Gasteiger partial charge >= 0.3 is 0 Å². The van der Waals surface area contributed by atoms with Gasteiger partial charge in [-0.3, -0.25) is 10.0 Å². The summed E-state index contributed by atoms with van der Waals surface area (Å²) in [5, 5.41) is 10.4. The topological polar surface area (TPSA) is 40.5 Å². The Labute approximate surface area is 141 Å². The molecule has 0 radical (unpaired) electrons. The van der Waals surface area contributed by atoms with E-state index in [0.29, 0.717) is 12.1 Å². The number of benzene rings is 1. The Morgan fingerprint density at radius 3 is 2.00 bits per heavy atom. The van der Waals surface area contributed by atoms with E-state index in [2.05, 4.69) is 6.92 Å². The Kier molecular flexibility index (Phi) is 10.4. The molecule has 1 N–H and O–H groups in total. The van der Waals surface area contributed by atoms with Gasteiger partial charge in [0.2, 0.25) is 0 Å². The van der Waals surface area contributed by atoms with Gasteiger partial charge in [0.25, 0.3) is 5.91 Å². The molecule has 0 fully saturated rings. The second-order valence-electron chi connectivity index (χ2n) is 6.35. The summed E-state index contributed by atoms with van der Waals surface area (Å²) in [7, 11) is 0. The summed E-state index contributed by atoms with van der Waals surface area (Å²) in [6.45, 7) is 4.56. The lowest BCUT2D eigenvalue weighted by atomic mass is 10.0. The van der Waals surface area contributed by atoms with Crippen molar-refractivity contribution in [2.45, 2.75) is 78.1 Å². The van der Waals surface area contributed by atoms with E-state index in [1.54, 1.807) is 0 Å².